The van der Waals surface area contributed by atoms with Crippen molar-refractivity contribution in [1.82, 2.24) is 5.32 Å². The summed E-state index contributed by atoms with van der Waals surface area (Å²) in [5.41, 5.74) is 6.64. The lowest BCUT2D eigenvalue weighted by molar-refractivity contribution is 0.0940. The molecule has 2 aromatic rings. The highest BCUT2D eigenvalue weighted by molar-refractivity contribution is 7.99. The predicted molar refractivity (Wildman–Crippen MR) is 89.1 cm³/mol. The summed E-state index contributed by atoms with van der Waals surface area (Å²) in [5, 5.41) is 4.60. The van der Waals surface area contributed by atoms with Gasteiger partial charge in [0, 0.05) is 21.2 Å². The lowest BCUT2D eigenvalue weighted by atomic mass is 10.1. The fourth-order valence-electron chi connectivity index (χ4n) is 2.35. The number of thioether (sulfide) groups is 1. The van der Waals surface area contributed by atoms with Crippen LogP contribution in [0.4, 0.5) is 5.69 Å². The molecule has 3 N–H and O–H groups in total. The minimum Gasteiger partial charge on any atom is -0.397 e. The van der Waals surface area contributed by atoms with Crippen LogP contribution in [0.15, 0.2) is 18.2 Å². The number of carbonyl (C=O) groups is 1. The van der Waals surface area contributed by atoms with E-state index in [2.05, 4.69) is 5.32 Å². The third-order valence-corrected chi connectivity index (χ3v) is 5.92. The zero-order valence-electron chi connectivity index (χ0n) is 10.8. The van der Waals surface area contributed by atoms with E-state index in [-0.39, 0.29) is 11.9 Å². The SMILES string of the molecule is Nc1c(C(=O)NC2CCSCC2)sc2ccc(Cl)cc12. The maximum Gasteiger partial charge on any atom is 0.263 e. The van der Waals surface area contributed by atoms with Crippen LogP contribution in [0.1, 0.15) is 22.5 Å². The van der Waals surface area contributed by atoms with Crippen molar-refractivity contribution in [3.8, 4) is 0 Å². The molecule has 0 bridgehead atoms. The topological polar surface area (TPSA) is 55.1 Å². The molecular formula is C14H15ClN2OS2. The molecule has 3 nitrogen and oxygen atoms in total. The summed E-state index contributed by atoms with van der Waals surface area (Å²) >= 11 is 9.35. The van der Waals surface area contributed by atoms with Crippen molar-refractivity contribution in [3.63, 3.8) is 0 Å². The van der Waals surface area contributed by atoms with Gasteiger partial charge in [-0.1, -0.05) is 11.6 Å². The molecule has 0 radical (unpaired) electrons. The van der Waals surface area contributed by atoms with Gasteiger partial charge in [0.2, 0.25) is 0 Å². The van der Waals surface area contributed by atoms with E-state index in [4.69, 9.17) is 17.3 Å². The number of amides is 1. The molecule has 0 unspecified atom stereocenters. The molecule has 1 aromatic carbocycles. The van der Waals surface area contributed by atoms with Crippen LogP contribution in [0.2, 0.25) is 5.02 Å². The molecule has 6 heteroatoms. The number of hydrogen-bond acceptors (Lipinski definition) is 4. The molecule has 1 aromatic heterocycles. The van der Waals surface area contributed by atoms with E-state index >= 15 is 0 Å². The highest BCUT2D eigenvalue weighted by Crippen LogP contribution is 2.35. The van der Waals surface area contributed by atoms with E-state index in [1.165, 1.54) is 11.3 Å². The molecule has 0 atom stereocenters. The van der Waals surface area contributed by atoms with Crippen molar-refractivity contribution in [2.24, 2.45) is 0 Å². The first-order valence-electron chi connectivity index (χ1n) is 6.51. The van der Waals surface area contributed by atoms with Crippen LogP contribution in [-0.2, 0) is 0 Å². The van der Waals surface area contributed by atoms with Gasteiger partial charge < -0.3 is 11.1 Å². The maximum absolute atomic E-state index is 12.4. The Labute approximate surface area is 130 Å². The van der Waals surface area contributed by atoms with Gasteiger partial charge in [0.1, 0.15) is 4.88 Å². The summed E-state index contributed by atoms with van der Waals surface area (Å²) in [4.78, 5) is 13.0. The Balaban J connectivity index is 1.85. The molecule has 106 valence electrons. The Morgan fingerprint density at radius 3 is 2.85 bits per heavy atom. The highest BCUT2D eigenvalue weighted by Gasteiger charge is 2.21. The van der Waals surface area contributed by atoms with Crippen LogP contribution in [-0.4, -0.2) is 23.5 Å². The number of nitrogens with two attached hydrogens (primary N) is 1. The first-order valence-corrected chi connectivity index (χ1v) is 8.86. The van der Waals surface area contributed by atoms with E-state index in [0.717, 1.165) is 34.4 Å². The van der Waals surface area contributed by atoms with Gasteiger partial charge >= 0.3 is 0 Å². The van der Waals surface area contributed by atoms with Crippen molar-refractivity contribution < 1.29 is 4.79 Å². The quantitative estimate of drug-likeness (QED) is 0.883. The second kappa shape index (κ2) is 5.84. The molecule has 1 aliphatic heterocycles. The molecular weight excluding hydrogens is 312 g/mol. The van der Waals surface area contributed by atoms with Gasteiger partial charge in [0.05, 0.1) is 5.69 Å². The summed E-state index contributed by atoms with van der Waals surface area (Å²) in [5.74, 6) is 2.17. The lowest BCUT2D eigenvalue weighted by Gasteiger charge is -2.22. The Hall–Kier alpha value is -0.910. The molecule has 0 spiro atoms. The molecule has 1 aliphatic rings. The molecule has 1 amide bonds. The van der Waals surface area contributed by atoms with E-state index in [0.29, 0.717) is 15.6 Å². The van der Waals surface area contributed by atoms with Crippen LogP contribution in [0.25, 0.3) is 10.1 Å². The van der Waals surface area contributed by atoms with Crippen LogP contribution in [0, 0.1) is 0 Å². The Morgan fingerprint density at radius 2 is 2.10 bits per heavy atom. The van der Waals surface area contributed by atoms with Crippen molar-refractivity contribution in [2.75, 3.05) is 17.2 Å². The molecule has 0 aliphatic carbocycles. The Morgan fingerprint density at radius 1 is 1.35 bits per heavy atom. The predicted octanol–water partition coefficient (Wildman–Crippen LogP) is 3.76. The summed E-state index contributed by atoms with van der Waals surface area (Å²) in [7, 11) is 0. The van der Waals surface area contributed by atoms with E-state index in [1.54, 1.807) is 0 Å². The highest BCUT2D eigenvalue weighted by atomic mass is 35.5. The third-order valence-electron chi connectivity index (χ3n) is 3.45. The normalized spacial score (nSPS) is 16.4. The minimum absolute atomic E-state index is 0.0586. The standard InChI is InChI=1S/C14H15ClN2OS2/c15-8-1-2-11-10(7-8)12(16)13(20-11)14(18)17-9-3-5-19-6-4-9/h1-2,7,9H,3-6,16H2,(H,17,18). The van der Waals surface area contributed by atoms with Gasteiger partial charge in [-0.2, -0.15) is 11.8 Å². The summed E-state index contributed by atoms with van der Waals surface area (Å²) in [6, 6.07) is 5.82. The second-order valence-electron chi connectivity index (χ2n) is 4.85. The van der Waals surface area contributed by atoms with Crippen molar-refractivity contribution >= 4 is 56.4 Å². The summed E-state index contributed by atoms with van der Waals surface area (Å²) in [6.07, 6.45) is 2.07. The zero-order chi connectivity index (χ0) is 14.1. The second-order valence-corrected chi connectivity index (χ2v) is 7.56. The molecule has 1 saturated heterocycles. The number of benzene rings is 1. The zero-order valence-corrected chi connectivity index (χ0v) is 13.2. The fourth-order valence-corrected chi connectivity index (χ4v) is 4.64. The largest absolute Gasteiger partial charge is 0.397 e. The molecule has 3 rings (SSSR count). The number of nitrogen functional groups attached to an aromatic ring is 1. The number of carbonyl (C=O) groups excluding carboxylic acids is 1. The first-order chi connectivity index (χ1) is 9.65. The summed E-state index contributed by atoms with van der Waals surface area (Å²) in [6.45, 7) is 0. The van der Waals surface area contributed by atoms with Crippen LogP contribution in [0.3, 0.4) is 0 Å². The van der Waals surface area contributed by atoms with Gasteiger partial charge in [0.25, 0.3) is 5.91 Å². The average Bonchev–Trinajstić information content (AvgIpc) is 2.77. The van der Waals surface area contributed by atoms with Crippen molar-refractivity contribution in [3.05, 3.63) is 28.1 Å². The maximum atomic E-state index is 12.4. The number of hydrogen-bond donors (Lipinski definition) is 2. The Kier molecular flexibility index (Phi) is 4.10. The lowest BCUT2D eigenvalue weighted by Crippen LogP contribution is -2.37. The van der Waals surface area contributed by atoms with Gasteiger partial charge in [-0.25, -0.2) is 0 Å². The average molecular weight is 327 g/mol. The number of nitrogens with one attached hydrogen (secondary N) is 1. The molecule has 2 heterocycles. The smallest absolute Gasteiger partial charge is 0.263 e. The van der Waals surface area contributed by atoms with Gasteiger partial charge in [-0.05, 0) is 42.5 Å². The first kappa shape index (κ1) is 14.0. The number of halogens is 1. The van der Waals surface area contributed by atoms with Crippen molar-refractivity contribution in [1.29, 1.82) is 0 Å². The minimum atomic E-state index is -0.0586. The van der Waals surface area contributed by atoms with E-state index < -0.39 is 0 Å². The molecule has 20 heavy (non-hydrogen) atoms. The van der Waals surface area contributed by atoms with Crippen LogP contribution >= 0.6 is 34.7 Å². The van der Waals surface area contributed by atoms with Gasteiger partial charge in [0.15, 0.2) is 0 Å². The van der Waals surface area contributed by atoms with E-state index in [9.17, 15) is 4.79 Å². The van der Waals surface area contributed by atoms with Crippen LogP contribution in [0.5, 0.6) is 0 Å². The van der Waals surface area contributed by atoms with Crippen LogP contribution < -0.4 is 11.1 Å². The molecule has 1 fully saturated rings. The van der Waals surface area contributed by atoms with Gasteiger partial charge in [-0.3, -0.25) is 4.79 Å². The fraction of sp³-hybridized carbons (Fsp3) is 0.357. The number of fused-ring (bicyclic) bond motifs is 1. The number of rotatable bonds is 2. The van der Waals surface area contributed by atoms with Gasteiger partial charge in [-0.15, -0.1) is 11.3 Å². The number of thiophene rings is 1. The molecule has 0 saturated carbocycles. The monoisotopic (exact) mass is 326 g/mol. The van der Waals surface area contributed by atoms with E-state index in [1.807, 2.05) is 30.0 Å². The Bertz CT molecular complexity index is 650. The number of anilines is 1. The summed E-state index contributed by atoms with van der Waals surface area (Å²) < 4.78 is 0.997. The van der Waals surface area contributed by atoms with Crippen molar-refractivity contribution in [2.45, 2.75) is 18.9 Å². The third kappa shape index (κ3) is 2.75.